The predicted molar refractivity (Wildman–Crippen MR) is 137 cm³/mol. The molecule has 0 spiro atoms. The van der Waals surface area contributed by atoms with Crippen LogP contribution < -0.4 is 5.32 Å². The molecule has 0 bridgehead atoms. The summed E-state index contributed by atoms with van der Waals surface area (Å²) in [5, 5.41) is 4.31. The van der Waals surface area contributed by atoms with Gasteiger partial charge in [0.2, 0.25) is 5.91 Å². The minimum Gasteiger partial charge on any atom is -0.342 e. The van der Waals surface area contributed by atoms with Crippen molar-refractivity contribution in [2.24, 2.45) is 0 Å². The summed E-state index contributed by atoms with van der Waals surface area (Å²) in [6.45, 7) is 11.3. The molecule has 0 aliphatic rings. The number of nitrogens with zero attached hydrogens (tertiary/aromatic N) is 1. The van der Waals surface area contributed by atoms with E-state index >= 15 is 0 Å². The van der Waals surface area contributed by atoms with Gasteiger partial charge < -0.3 is 9.88 Å². The van der Waals surface area contributed by atoms with Gasteiger partial charge in [0, 0.05) is 34.2 Å². The number of aryl methyl sites for hydroxylation is 5. The van der Waals surface area contributed by atoms with Crippen molar-refractivity contribution >= 4 is 34.3 Å². The minimum atomic E-state index is 0.0245. The number of carbonyl (C=O) groups excluding carboxylic acids is 1. The summed E-state index contributed by atoms with van der Waals surface area (Å²) in [5.74, 6) is 0.404. The number of carbonyl (C=O) groups is 1. The lowest BCUT2D eigenvalue weighted by Gasteiger charge is -2.12. The summed E-state index contributed by atoms with van der Waals surface area (Å²) in [4.78, 5) is 13.9. The van der Waals surface area contributed by atoms with Crippen molar-refractivity contribution in [3.63, 3.8) is 0 Å². The molecule has 3 aromatic carbocycles. The van der Waals surface area contributed by atoms with E-state index in [1.54, 1.807) is 11.8 Å². The molecule has 0 saturated carbocycles. The van der Waals surface area contributed by atoms with Crippen molar-refractivity contribution in [1.29, 1.82) is 0 Å². The predicted octanol–water partition coefficient (Wildman–Crippen LogP) is 6.96. The SMILES string of the molecule is Cc1cc(C)c(NC(=O)CSc2cn(Cc3cc(C)ccc3C)c3ccccc23)c(C)c1. The van der Waals surface area contributed by atoms with E-state index in [0.717, 1.165) is 28.3 Å². The zero-order valence-corrected chi connectivity index (χ0v) is 20.3. The number of fused-ring (bicyclic) bond motifs is 1. The average Bonchev–Trinajstić information content (AvgIpc) is 3.09. The van der Waals surface area contributed by atoms with Crippen molar-refractivity contribution in [3.8, 4) is 0 Å². The number of amides is 1. The van der Waals surface area contributed by atoms with Gasteiger partial charge in [-0.2, -0.15) is 0 Å². The van der Waals surface area contributed by atoms with Gasteiger partial charge in [0.1, 0.15) is 0 Å². The van der Waals surface area contributed by atoms with Crippen molar-refractivity contribution in [1.82, 2.24) is 4.57 Å². The van der Waals surface area contributed by atoms with Gasteiger partial charge in [0.15, 0.2) is 0 Å². The third kappa shape index (κ3) is 4.76. The van der Waals surface area contributed by atoms with E-state index in [2.05, 4.69) is 91.4 Å². The molecule has 0 radical (unpaired) electrons. The molecule has 1 heterocycles. The van der Waals surface area contributed by atoms with Gasteiger partial charge in [-0.05, 0) is 62.9 Å². The molecule has 4 aromatic rings. The van der Waals surface area contributed by atoms with E-state index < -0.39 is 0 Å². The van der Waals surface area contributed by atoms with Gasteiger partial charge in [0.25, 0.3) is 0 Å². The van der Waals surface area contributed by atoms with Crippen LogP contribution >= 0.6 is 11.8 Å². The van der Waals surface area contributed by atoms with Crippen LogP contribution in [0.15, 0.2) is 65.7 Å². The molecule has 1 aromatic heterocycles. The molecule has 1 N–H and O–H groups in total. The summed E-state index contributed by atoms with van der Waals surface area (Å²) in [6.07, 6.45) is 2.19. The molecule has 32 heavy (non-hydrogen) atoms. The number of nitrogens with one attached hydrogen (secondary N) is 1. The normalized spacial score (nSPS) is 11.2. The molecule has 4 heteroatoms. The third-order valence-electron chi connectivity index (χ3n) is 5.90. The fourth-order valence-electron chi connectivity index (χ4n) is 4.31. The number of hydrogen-bond acceptors (Lipinski definition) is 2. The Kier molecular flexibility index (Phi) is 6.43. The highest BCUT2D eigenvalue weighted by Crippen LogP contribution is 2.31. The van der Waals surface area contributed by atoms with Crippen molar-refractivity contribution in [2.75, 3.05) is 11.1 Å². The van der Waals surface area contributed by atoms with Gasteiger partial charge in [0.05, 0.1) is 5.75 Å². The molecule has 0 fully saturated rings. The Balaban J connectivity index is 1.54. The van der Waals surface area contributed by atoms with Crippen LogP contribution in [0.2, 0.25) is 0 Å². The molecule has 0 unspecified atom stereocenters. The number of hydrogen-bond donors (Lipinski definition) is 1. The summed E-state index contributed by atoms with van der Waals surface area (Å²) in [6, 6.07) is 19.3. The molecule has 4 rings (SSSR count). The van der Waals surface area contributed by atoms with Crippen LogP contribution in [0.4, 0.5) is 5.69 Å². The fraction of sp³-hybridized carbons (Fsp3) is 0.250. The van der Waals surface area contributed by atoms with Crippen molar-refractivity contribution < 1.29 is 4.79 Å². The van der Waals surface area contributed by atoms with Crippen LogP contribution in [0, 0.1) is 34.6 Å². The lowest BCUT2D eigenvalue weighted by molar-refractivity contribution is -0.113. The molecule has 0 saturated heterocycles. The third-order valence-corrected chi connectivity index (χ3v) is 6.94. The van der Waals surface area contributed by atoms with Crippen LogP contribution in [-0.4, -0.2) is 16.2 Å². The molecule has 3 nitrogen and oxygen atoms in total. The van der Waals surface area contributed by atoms with Crippen LogP contribution in [0.25, 0.3) is 10.9 Å². The highest BCUT2D eigenvalue weighted by atomic mass is 32.2. The largest absolute Gasteiger partial charge is 0.342 e. The summed E-state index contributed by atoms with van der Waals surface area (Å²) in [7, 11) is 0. The van der Waals surface area contributed by atoms with E-state index in [-0.39, 0.29) is 5.91 Å². The molecule has 1 amide bonds. The maximum atomic E-state index is 12.8. The maximum absolute atomic E-state index is 12.8. The van der Waals surface area contributed by atoms with Crippen LogP contribution in [0.3, 0.4) is 0 Å². The molecule has 164 valence electrons. The van der Waals surface area contributed by atoms with E-state index in [1.165, 1.54) is 33.2 Å². The first kappa shape index (κ1) is 22.2. The van der Waals surface area contributed by atoms with E-state index in [0.29, 0.717) is 5.75 Å². The quantitative estimate of drug-likeness (QED) is 0.327. The summed E-state index contributed by atoms with van der Waals surface area (Å²) in [5.41, 5.74) is 9.44. The monoisotopic (exact) mass is 442 g/mol. The number of aromatic nitrogens is 1. The minimum absolute atomic E-state index is 0.0245. The number of anilines is 1. The first-order valence-electron chi connectivity index (χ1n) is 11.0. The summed E-state index contributed by atoms with van der Waals surface area (Å²) < 4.78 is 2.30. The van der Waals surface area contributed by atoms with E-state index in [1.807, 2.05) is 13.8 Å². The Hall–Kier alpha value is -2.98. The second-order valence-electron chi connectivity index (χ2n) is 8.68. The zero-order chi connectivity index (χ0) is 22.8. The molecule has 0 aliphatic carbocycles. The number of para-hydroxylation sites is 1. The van der Waals surface area contributed by atoms with Crippen LogP contribution in [0.1, 0.15) is 33.4 Å². The van der Waals surface area contributed by atoms with Crippen LogP contribution in [0.5, 0.6) is 0 Å². The molecular formula is C28H30N2OS. The highest BCUT2D eigenvalue weighted by molar-refractivity contribution is 8.00. The van der Waals surface area contributed by atoms with Crippen molar-refractivity contribution in [3.05, 3.63) is 94.2 Å². The van der Waals surface area contributed by atoms with Crippen LogP contribution in [-0.2, 0) is 11.3 Å². The maximum Gasteiger partial charge on any atom is 0.234 e. The standard InChI is InChI=1S/C28H30N2OS/c1-18-10-11-20(3)23(14-18)15-30-16-26(24-8-6-7-9-25(24)30)32-17-27(31)29-28-21(4)12-19(2)13-22(28)5/h6-14,16H,15,17H2,1-5H3,(H,29,31). The lowest BCUT2D eigenvalue weighted by atomic mass is 10.1. The first-order chi connectivity index (χ1) is 15.3. The topological polar surface area (TPSA) is 34.0 Å². The Bertz CT molecular complexity index is 1280. The Morgan fingerprint density at radius 1 is 0.875 bits per heavy atom. The Labute approximate surface area is 194 Å². The van der Waals surface area contributed by atoms with E-state index in [9.17, 15) is 4.79 Å². The Morgan fingerprint density at radius 2 is 1.59 bits per heavy atom. The molecule has 0 atom stereocenters. The zero-order valence-electron chi connectivity index (χ0n) is 19.5. The van der Waals surface area contributed by atoms with Gasteiger partial charge in [-0.25, -0.2) is 0 Å². The smallest absolute Gasteiger partial charge is 0.234 e. The van der Waals surface area contributed by atoms with Gasteiger partial charge in [-0.1, -0.05) is 59.7 Å². The first-order valence-corrected chi connectivity index (χ1v) is 11.9. The average molecular weight is 443 g/mol. The second-order valence-corrected chi connectivity index (χ2v) is 9.70. The highest BCUT2D eigenvalue weighted by Gasteiger charge is 2.13. The number of rotatable bonds is 6. The second kappa shape index (κ2) is 9.25. The van der Waals surface area contributed by atoms with Gasteiger partial charge in [-0.3, -0.25) is 4.79 Å². The van der Waals surface area contributed by atoms with Gasteiger partial charge >= 0.3 is 0 Å². The van der Waals surface area contributed by atoms with Gasteiger partial charge in [-0.15, -0.1) is 11.8 Å². The van der Waals surface area contributed by atoms with E-state index in [4.69, 9.17) is 0 Å². The van der Waals surface area contributed by atoms with Crippen molar-refractivity contribution in [2.45, 2.75) is 46.1 Å². The number of thioether (sulfide) groups is 1. The Morgan fingerprint density at radius 3 is 2.34 bits per heavy atom. The summed E-state index contributed by atoms with van der Waals surface area (Å²) >= 11 is 1.60. The fourth-order valence-corrected chi connectivity index (χ4v) is 5.20. The molecular weight excluding hydrogens is 412 g/mol. The molecule has 0 aliphatic heterocycles. The lowest BCUT2D eigenvalue weighted by Crippen LogP contribution is -2.15. The number of benzene rings is 3.